The highest BCUT2D eigenvalue weighted by Gasteiger charge is 2.29. The van der Waals surface area contributed by atoms with Crippen molar-refractivity contribution in [3.8, 4) is 11.5 Å². The topological polar surface area (TPSA) is 111 Å². The van der Waals surface area contributed by atoms with E-state index >= 15 is 0 Å². The molecule has 2 aromatic rings. The number of hydrogen-bond acceptors (Lipinski definition) is 6. The predicted octanol–water partition coefficient (Wildman–Crippen LogP) is 2.36. The van der Waals surface area contributed by atoms with Gasteiger partial charge in [0.2, 0.25) is 0 Å². The molecule has 27 heavy (non-hydrogen) atoms. The zero-order chi connectivity index (χ0) is 19.6. The number of benzene rings is 2. The normalized spacial score (nSPS) is 15.6. The molecule has 0 bridgehead atoms. The molecule has 9 nitrogen and oxygen atoms in total. The Morgan fingerprint density at radius 2 is 2.00 bits per heavy atom. The van der Waals surface area contributed by atoms with Gasteiger partial charge in [-0.2, -0.15) is 0 Å². The average molecular weight is 371 g/mol. The third-order valence-electron chi connectivity index (χ3n) is 4.00. The number of fused-ring (bicyclic) bond motifs is 1. The molecule has 0 radical (unpaired) electrons. The lowest BCUT2D eigenvalue weighted by Crippen LogP contribution is -2.42. The zero-order valence-corrected chi connectivity index (χ0v) is 14.7. The van der Waals surface area contributed by atoms with Crippen LogP contribution in [0.4, 0.5) is 17.1 Å². The van der Waals surface area contributed by atoms with Crippen molar-refractivity contribution in [2.24, 2.45) is 0 Å². The summed E-state index contributed by atoms with van der Waals surface area (Å²) in [6.07, 6.45) is -0.557. The van der Waals surface area contributed by atoms with Gasteiger partial charge in [0.25, 0.3) is 17.5 Å². The first-order valence-corrected chi connectivity index (χ1v) is 8.10. The van der Waals surface area contributed by atoms with Gasteiger partial charge in [-0.25, -0.2) is 0 Å². The molecule has 0 saturated carbocycles. The summed E-state index contributed by atoms with van der Waals surface area (Å²) in [5.74, 6) is 0.318. The number of rotatable bonds is 5. The number of nitrogens with zero attached hydrogens (tertiary/aromatic N) is 2. The molecule has 0 unspecified atom stereocenters. The molecule has 1 aliphatic heterocycles. The van der Waals surface area contributed by atoms with Crippen molar-refractivity contribution in [3.05, 3.63) is 52.6 Å². The minimum Gasteiger partial charge on any atom is -0.484 e. The van der Waals surface area contributed by atoms with Crippen LogP contribution >= 0.6 is 0 Å². The van der Waals surface area contributed by atoms with Crippen LogP contribution in [0, 0.1) is 10.1 Å². The Morgan fingerprint density at radius 1 is 1.30 bits per heavy atom. The third-order valence-corrected chi connectivity index (χ3v) is 4.00. The van der Waals surface area contributed by atoms with E-state index in [2.05, 4.69) is 5.32 Å². The van der Waals surface area contributed by atoms with E-state index in [1.807, 2.05) is 0 Å². The molecule has 1 atom stereocenters. The van der Waals surface area contributed by atoms with Crippen molar-refractivity contribution >= 4 is 28.9 Å². The number of non-ortho nitro benzene ring substituents is 1. The minimum atomic E-state index is -0.557. The maximum Gasteiger partial charge on any atom is 0.269 e. The van der Waals surface area contributed by atoms with E-state index in [0.717, 1.165) is 0 Å². The lowest BCUT2D eigenvalue weighted by Gasteiger charge is -2.30. The fraction of sp³-hybridized carbons (Fsp3) is 0.222. The first-order chi connectivity index (χ1) is 12.8. The van der Waals surface area contributed by atoms with Gasteiger partial charge in [-0.3, -0.25) is 19.7 Å². The van der Waals surface area contributed by atoms with Crippen LogP contribution in [0.15, 0.2) is 42.5 Å². The summed E-state index contributed by atoms with van der Waals surface area (Å²) < 4.78 is 10.8. The third kappa shape index (κ3) is 3.97. The summed E-state index contributed by atoms with van der Waals surface area (Å²) in [5, 5.41) is 13.3. The number of nitro groups is 1. The number of amides is 2. The van der Waals surface area contributed by atoms with E-state index in [1.165, 1.54) is 29.2 Å². The number of nitro benzene ring substituents is 1. The number of nitrogens with one attached hydrogen (secondary N) is 1. The van der Waals surface area contributed by atoms with Gasteiger partial charge in [-0.15, -0.1) is 0 Å². The van der Waals surface area contributed by atoms with Crippen LogP contribution < -0.4 is 19.7 Å². The van der Waals surface area contributed by atoms with E-state index in [0.29, 0.717) is 22.9 Å². The summed E-state index contributed by atoms with van der Waals surface area (Å²) in [5.41, 5.74) is 0.993. The van der Waals surface area contributed by atoms with Crippen LogP contribution in [-0.4, -0.2) is 36.5 Å². The molecule has 1 N–H and O–H groups in total. The fourth-order valence-electron chi connectivity index (χ4n) is 2.60. The highest BCUT2D eigenvalue weighted by Crippen LogP contribution is 2.35. The van der Waals surface area contributed by atoms with Crippen molar-refractivity contribution in [1.29, 1.82) is 0 Å². The van der Waals surface area contributed by atoms with Gasteiger partial charge in [0.1, 0.15) is 11.5 Å². The lowest BCUT2D eigenvalue weighted by molar-refractivity contribution is -0.384. The van der Waals surface area contributed by atoms with Gasteiger partial charge in [0.05, 0.1) is 10.6 Å². The van der Waals surface area contributed by atoms with E-state index in [4.69, 9.17) is 9.47 Å². The quantitative estimate of drug-likeness (QED) is 0.638. The monoisotopic (exact) mass is 371 g/mol. The van der Waals surface area contributed by atoms with Crippen LogP contribution in [0.25, 0.3) is 0 Å². The summed E-state index contributed by atoms with van der Waals surface area (Å²) in [4.78, 5) is 35.6. The first kappa shape index (κ1) is 18.2. The minimum absolute atomic E-state index is 0.0592. The molecule has 3 rings (SSSR count). The Bertz CT molecular complexity index is 896. The van der Waals surface area contributed by atoms with Crippen molar-refractivity contribution in [2.75, 3.05) is 23.9 Å². The molecule has 0 aliphatic carbocycles. The average Bonchev–Trinajstić information content (AvgIpc) is 2.65. The predicted molar refractivity (Wildman–Crippen MR) is 97.2 cm³/mol. The Morgan fingerprint density at radius 3 is 2.67 bits per heavy atom. The molecular formula is C18H17N3O6. The van der Waals surface area contributed by atoms with Gasteiger partial charge in [0, 0.05) is 24.9 Å². The molecule has 0 spiro atoms. The maximum absolute atomic E-state index is 12.1. The van der Waals surface area contributed by atoms with Crippen molar-refractivity contribution in [2.45, 2.75) is 13.0 Å². The zero-order valence-electron chi connectivity index (χ0n) is 14.7. The molecule has 0 aromatic heterocycles. The van der Waals surface area contributed by atoms with Gasteiger partial charge >= 0.3 is 0 Å². The fourth-order valence-corrected chi connectivity index (χ4v) is 2.60. The largest absolute Gasteiger partial charge is 0.484 e. The molecule has 2 amide bonds. The molecule has 0 saturated heterocycles. The van der Waals surface area contributed by atoms with Gasteiger partial charge in [0.15, 0.2) is 12.7 Å². The van der Waals surface area contributed by atoms with Crippen LogP contribution in [0.2, 0.25) is 0 Å². The molecule has 9 heteroatoms. The van der Waals surface area contributed by atoms with E-state index < -0.39 is 16.9 Å². The summed E-state index contributed by atoms with van der Waals surface area (Å²) in [6, 6.07) is 10.4. The Balaban J connectivity index is 1.61. The number of hydrogen-bond donors (Lipinski definition) is 1. The number of likely N-dealkylation sites (N-methyl/N-ethyl adjacent to an activating group) is 1. The molecular weight excluding hydrogens is 354 g/mol. The molecule has 2 aromatic carbocycles. The second-order valence-corrected chi connectivity index (χ2v) is 5.93. The number of anilines is 2. The molecule has 1 aliphatic rings. The van der Waals surface area contributed by atoms with Crippen molar-refractivity contribution in [1.82, 2.24) is 0 Å². The maximum atomic E-state index is 12.1. The van der Waals surface area contributed by atoms with Gasteiger partial charge in [-0.1, -0.05) is 0 Å². The lowest BCUT2D eigenvalue weighted by atomic mass is 10.2. The summed E-state index contributed by atoms with van der Waals surface area (Å²) in [7, 11) is 1.64. The molecule has 140 valence electrons. The van der Waals surface area contributed by atoms with Crippen molar-refractivity contribution < 1.29 is 24.0 Å². The SMILES string of the molecule is C[C@H]1Oc2ccc(NC(=O)COc3ccc([N+](=O)[O-])cc3)cc2N(C)C1=O. The van der Waals surface area contributed by atoms with Crippen molar-refractivity contribution in [3.63, 3.8) is 0 Å². The van der Waals surface area contributed by atoms with E-state index in [9.17, 15) is 19.7 Å². The van der Waals surface area contributed by atoms with Crippen LogP contribution in [0.3, 0.4) is 0 Å². The Hall–Kier alpha value is -3.62. The van der Waals surface area contributed by atoms with E-state index in [-0.39, 0.29) is 18.2 Å². The number of carbonyl (C=O) groups excluding carboxylic acids is 2. The highest BCUT2D eigenvalue weighted by atomic mass is 16.6. The standard InChI is InChI=1S/C18H17N3O6/c1-11-18(23)20(2)15-9-12(3-8-16(15)27-11)19-17(22)10-26-14-6-4-13(5-7-14)21(24)25/h3-9,11H,10H2,1-2H3,(H,19,22)/t11-/m1/s1. The smallest absolute Gasteiger partial charge is 0.269 e. The van der Waals surface area contributed by atoms with E-state index in [1.54, 1.807) is 32.2 Å². The number of carbonyl (C=O) groups is 2. The molecule has 0 fully saturated rings. The van der Waals surface area contributed by atoms with Crippen LogP contribution in [0.1, 0.15) is 6.92 Å². The first-order valence-electron chi connectivity index (χ1n) is 8.10. The summed E-state index contributed by atoms with van der Waals surface area (Å²) in [6.45, 7) is 1.41. The summed E-state index contributed by atoms with van der Waals surface area (Å²) >= 11 is 0. The van der Waals surface area contributed by atoms with Gasteiger partial charge < -0.3 is 19.7 Å². The highest BCUT2D eigenvalue weighted by molar-refractivity contribution is 6.00. The van der Waals surface area contributed by atoms with Crippen LogP contribution in [-0.2, 0) is 9.59 Å². The second-order valence-electron chi connectivity index (χ2n) is 5.93. The Labute approximate surface area is 154 Å². The van der Waals surface area contributed by atoms with Gasteiger partial charge in [-0.05, 0) is 37.3 Å². The van der Waals surface area contributed by atoms with Crippen LogP contribution in [0.5, 0.6) is 11.5 Å². The molecule has 1 heterocycles. The number of ether oxygens (including phenoxy) is 2. The Kier molecular flexibility index (Phi) is 4.93. The second kappa shape index (κ2) is 7.32.